The maximum absolute atomic E-state index is 14.2. The van der Waals surface area contributed by atoms with Crippen LogP contribution in [-0.4, -0.2) is 39.9 Å². The Morgan fingerprint density at radius 3 is 2.82 bits per heavy atom. The minimum absolute atomic E-state index is 0.136. The molecule has 0 aliphatic carbocycles. The lowest BCUT2D eigenvalue weighted by atomic mass is 10.1. The van der Waals surface area contributed by atoms with E-state index in [1.165, 1.54) is 6.07 Å². The molecule has 1 unspecified atom stereocenters. The van der Waals surface area contributed by atoms with Crippen LogP contribution in [0.15, 0.2) is 48.7 Å². The average Bonchev–Trinajstić information content (AvgIpc) is 3.06. The third kappa shape index (κ3) is 3.52. The highest BCUT2D eigenvalue weighted by molar-refractivity contribution is 5.99. The molecular formula is C22H24FN3O2. The second-order valence-corrected chi connectivity index (χ2v) is 7.56. The normalized spacial score (nSPS) is 17.4. The summed E-state index contributed by atoms with van der Waals surface area (Å²) in [5.41, 5.74) is 1.73. The molecule has 0 radical (unpaired) electrons. The number of benzene rings is 1. The zero-order valence-electron chi connectivity index (χ0n) is 16.1. The first-order chi connectivity index (χ1) is 13.5. The van der Waals surface area contributed by atoms with Gasteiger partial charge in [0.15, 0.2) is 5.69 Å². The smallest absolute Gasteiger partial charge is 0.274 e. The van der Waals surface area contributed by atoms with E-state index in [1.807, 2.05) is 28.8 Å². The fraction of sp³-hybridized carbons (Fsp3) is 0.364. The number of imidazole rings is 1. The number of ether oxygens (including phenoxy) is 1. The molecule has 3 aromatic rings. The number of carbonyl (C=O) groups is 1. The maximum atomic E-state index is 14.2. The first kappa shape index (κ1) is 18.6. The van der Waals surface area contributed by atoms with Crippen molar-refractivity contribution < 1.29 is 13.9 Å². The number of aromatic nitrogens is 2. The lowest BCUT2D eigenvalue weighted by Gasteiger charge is -2.33. The third-order valence-electron chi connectivity index (χ3n) is 5.02. The summed E-state index contributed by atoms with van der Waals surface area (Å²) in [4.78, 5) is 19.7. The fourth-order valence-corrected chi connectivity index (χ4v) is 3.68. The summed E-state index contributed by atoms with van der Waals surface area (Å²) < 4.78 is 21.9. The molecule has 1 amide bonds. The summed E-state index contributed by atoms with van der Waals surface area (Å²) in [7, 11) is 0. The number of rotatable bonds is 4. The lowest BCUT2D eigenvalue weighted by molar-refractivity contribution is -0.0244. The van der Waals surface area contributed by atoms with Gasteiger partial charge in [0, 0.05) is 24.7 Å². The summed E-state index contributed by atoms with van der Waals surface area (Å²) in [6, 6.07) is 12.3. The molecule has 0 spiro atoms. The van der Waals surface area contributed by atoms with Crippen LogP contribution in [0.25, 0.3) is 5.52 Å². The molecule has 3 heterocycles. The SMILES string of the molecule is CC(C)Cc1nc(C(=O)N2CCOC(c3ccccc3F)C2)c2ccccn12. The molecule has 0 bridgehead atoms. The van der Waals surface area contributed by atoms with Gasteiger partial charge in [0.05, 0.1) is 18.7 Å². The highest BCUT2D eigenvalue weighted by atomic mass is 19.1. The molecule has 1 atom stereocenters. The Bertz CT molecular complexity index is 998. The van der Waals surface area contributed by atoms with Gasteiger partial charge in [-0.15, -0.1) is 0 Å². The number of morpholine rings is 1. The minimum atomic E-state index is -0.470. The molecule has 28 heavy (non-hydrogen) atoms. The van der Waals surface area contributed by atoms with E-state index in [0.29, 0.717) is 36.9 Å². The van der Waals surface area contributed by atoms with Crippen LogP contribution < -0.4 is 0 Å². The van der Waals surface area contributed by atoms with E-state index in [2.05, 4.69) is 18.8 Å². The first-order valence-electron chi connectivity index (χ1n) is 9.66. The monoisotopic (exact) mass is 381 g/mol. The van der Waals surface area contributed by atoms with Gasteiger partial charge in [-0.2, -0.15) is 0 Å². The second kappa shape index (κ2) is 7.72. The van der Waals surface area contributed by atoms with Gasteiger partial charge < -0.3 is 14.0 Å². The van der Waals surface area contributed by atoms with E-state index in [9.17, 15) is 9.18 Å². The molecule has 0 saturated carbocycles. The molecule has 1 aliphatic heterocycles. The minimum Gasteiger partial charge on any atom is -0.370 e. The van der Waals surface area contributed by atoms with Crippen molar-refractivity contribution in [1.29, 1.82) is 0 Å². The van der Waals surface area contributed by atoms with Crippen molar-refractivity contribution in [3.63, 3.8) is 0 Å². The topological polar surface area (TPSA) is 46.8 Å². The Balaban J connectivity index is 1.63. The van der Waals surface area contributed by atoms with Crippen LogP contribution in [0.3, 0.4) is 0 Å². The molecule has 1 aliphatic rings. The Kier molecular flexibility index (Phi) is 5.13. The maximum Gasteiger partial charge on any atom is 0.274 e. The molecule has 0 N–H and O–H groups in total. The van der Waals surface area contributed by atoms with Crippen LogP contribution in [0.2, 0.25) is 0 Å². The van der Waals surface area contributed by atoms with Gasteiger partial charge in [0.25, 0.3) is 5.91 Å². The number of hydrogen-bond donors (Lipinski definition) is 0. The Labute approximate surface area is 163 Å². The van der Waals surface area contributed by atoms with Crippen molar-refractivity contribution in [3.8, 4) is 0 Å². The number of halogens is 1. The standard InChI is InChI=1S/C22H24FN3O2/c1-15(2)13-20-24-21(18-9-5-6-10-26(18)20)22(27)25-11-12-28-19(14-25)16-7-3-4-8-17(16)23/h3-10,15,19H,11-14H2,1-2H3. The van der Waals surface area contributed by atoms with Crippen LogP contribution >= 0.6 is 0 Å². The van der Waals surface area contributed by atoms with Crippen molar-refractivity contribution >= 4 is 11.4 Å². The van der Waals surface area contributed by atoms with Gasteiger partial charge in [0.2, 0.25) is 0 Å². The van der Waals surface area contributed by atoms with Crippen molar-refractivity contribution in [2.45, 2.75) is 26.4 Å². The molecule has 4 rings (SSSR count). The van der Waals surface area contributed by atoms with E-state index in [-0.39, 0.29) is 11.7 Å². The van der Waals surface area contributed by atoms with Crippen LogP contribution in [0.5, 0.6) is 0 Å². The summed E-state index contributed by atoms with van der Waals surface area (Å²) in [6.45, 7) is 5.41. The summed E-state index contributed by atoms with van der Waals surface area (Å²) in [5, 5.41) is 0. The number of pyridine rings is 1. The van der Waals surface area contributed by atoms with E-state index in [0.717, 1.165) is 17.8 Å². The molecule has 146 valence electrons. The molecule has 5 nitrogen and oxygen atoms in total. The number of carbonyl (C=O) groups excluding carboxylic acids is 1. The zero-order valence-corrected chi connectivity index (χ0v) is 16.1. The van der Waals surface area contributed by atoms with Gasteiger partial charge in [-0.25, -0.2) is 9.37 Å². The van der Waals surface area contributed by atoms with Crippen LogP contribution in [-0.2, 0) is 11.2 Å². The summed E-state index contributed by atoms with van der Waals surface area (Å²) >= 11 is 0. The van der Waals surface area contributed by atoms with E-state index in [4.69, 9.17) is 4.74 Å². The molecule has 6 heteroatoms. The van der Waals surface area contributed by atoms with E-state index >= 15 is 0 Å². The van der Waals surface area contributed by atoms with Crippen molar-refractivity contribution in [2.75, 3.05) is 19.7 Å². The van der Waals surface area contributed by atoms with E-state index in [1.54, 1.807) is 23.1 Å². The first-order valence-corrected chi connectivity index (χ1v) is 9.66. The predicted molar refractivity (Wildman–Crippen MR) is 105 cm³/mol. The summed E-state index contributed by atoms with van der Waals surface area (Å²) in [5.74, 6) is 0.868. The third-order valence-corrected chi connectivity index (χ3v) is 5.02. The number of amides is 1. The number of nitrogens with zero attached hydrogens (tertiary/aromatic N) is 3. The number of hydrogen-bond acceptors (Lipinski definition) is 3. The quantitative estimate of drug-likeness (QED) is 0.689. The number of fused-ring (bicyclic) bond motifs is 1. The van der Waals surface area contributed by atoms with Crippen LogP contribution in [0.1, 0.15) is 41.8 Å². The highest BCUT2D eigenvalue weighted by Gasteiger charge is 2.30. The molecule has 1 saturated heterocycles. The summed E-state index contributed by atoms with van der Waals surface area (Å²) in [6.07, 6.45) is 2.26. The van der Waals surface area contributed by atoms with Gasteiger partial charge in [-0.05, 0) is 24.1 Å². The van der Waals surface area contributed by atoms with Crippen molar-refractivity contribution in [2.24, 2.45) is 5.92 Å². The largest absolute Gasteiger partial charge is 0.370 e. The van der Waals surface area contributed by atoms with Crippen molar-refractivity contribution in [3.05, 3.63) is 71.6 Å². The van der Waals surface area contributed by atoms with Crippen LogP contribution in [0.4, 0.5) is 4.39 Å². The molecule has 1 aromatic carbocycles. The molecular weight excluding hydrogens is 357 g/mol. The predicted octanol–water partition coefficient (Wildman–Crippen LogP) is 3.89. The molecule has 1 fully saturated rings. The van der Waals surface area contributed by atoms with Crippen LogP contribution in [0, 0.1) is 11.7 Å². The van der Waals surface area contributed by atoms with Crippen molar-refractivity contribution in [1.82, 2.24) is 14.3 Å². The fourth-order valence-electron chi connectivity index (χ4n) is 3.68. The molecule has 2 aromatic heterocycles. The van der Waals surface area contributed by atoms with E-state index < -0.39 is 6.10 Å². The lowest BCUT2D eigenvalue weighted by Crippen LogP contribution is -2.42. The zero-order chi connectivity index (χ0) is 19.7. The highest BCUT2D eigenvalue weighted by Crippen LogP contribution is 2.26. The van der Waals surface area contributed by atoms with Gasteiger partial charge in [0.1, 0.15) is 17.7 Å². The van der Waals surface area contributed by atoms with Gasteiger partial charge in [-0.3, -0.25) is 4.79 Å². The Morgan fingerprint density at radius 2 is 2.04 bits per heavy atom. The van der Waals surface area contributed by atoms with Gasteiger partial charge in [-0.1, -0.05) is 38.1 Å². The Hall–Kier alpha value is -2.73. The van der Waals surface area contributed by atoms with Gasteiger partial charge >= 0.3 is 0 Å². The second-order valence-electron chi connectivity index (χ2n) is 7.56. The average molecular weight is 381 g/mol. The Morgan fingerprint density at radius 1 is 1.25 bits per heavy atom.